The zero-order chi connectivity index (χ0) is 37.0. The first kappa shape index (κ1) is 34.1. The summed E-state index contributed by atoms with van der Waals surface area (Å²) in [5, 5.41) is 9.51. The lowest BCUT2D eigenvalue weighted by atomic mass is 9.89. The molecule has 1 aromatic heterocycles. The van der Waals surface area contributed by atoms with Crippen molar-refractivity contribution in [1.82, 2.24) is 15.0 Å². The number of fused-ring (bicyclic) bond motifs is 3. The maximum atomic E-state index is 9.51. The van der Waals surface area contributed by atoms with E-state index in [-0.39, 0.29) is 0 Å². The molecule has 2 aliphatic carbocycles. The Morgan fingerprint density at radius 1 is 0.436 bits per heavy atom. The first-order valence-corrected chi connectivity index (χ1v) is 19.4. The lowest BCUT2D eigenvalue weighted by Gasteiger charge is -2.15. The Balaban J connectivity index is 0.968. The van der Waals surface area contributed by atoms with Gasteiger partial charge in [-0.05, 0) is 112 Å². The Hall–Kier alpha value is -6.70. The zero-order valence-corrected chi connectivity index (χ0v) is 30.7. The molecule has 0 saturated heterocycles. The van der Waals surface area contributed by atoms with Gasteiger partial charge in [0.05, 0.1) is 11.6 Å². The van der Waals surface area contributed by atoms with Crippen LogP contribution in [0.2, 0.25) is 0 Å². The van der Waals surface area contributed by atoms with E-state index in [0.29, 0.717) is 17.5 Å². The van der Waals surface area contributed by atoms with Crippen LogP contribution in [-0.2, 0) is 12.8 Å². The van der Waals surface area contributed by atoms with E-state index < -0.39 is 0 Å². The smallest absolute Gasteiger partial charge is 0.164 e. The fraction of sp³-hybridized carbons (Fsp3) is 0.137. The summed E-state index contributed by atoms with van der Waals surface area (Å²) in [5.74, 6) is 2.06. The van der Waals surface area contributed by atoms with Crippen molar-refractivity contribution in [2.24, 2.45) is 0 Å². The minimum Gasteiger partial charge on any atom is -0.208 e. The molecule has 2 aliphatic rings. The molecule has 0 fully saturated rings. The molecule has 55 heavy (non-hydrogen) atoms. The standard InChI is InChI=1S/C51H40N4/c52-34-35-19-29-47-45(31-35)15-8-3-9-16-46-33-44(28-30-48(46)47)43-18-10-17-42(32-43)38-22-20-36(21-23-38)37-24-26-41(27-25-37)51-54-49(39-11-4-1-5-12-39)53-50(55-51)40-13-6-2-7-14-40/h1,4-6,10-14,17-33H,2-3,7-9,15-16H2. The summed E-state index contributed by atoms with van der Waals surface area (Å²) in [7, 11) is 0. The molecular weight excluding hydrogens is 669 g/mol. The first-order valence-electron chi connectivity index (χ1n) is 19.4. The van der Waals surface area contributed by atoms with Crippen molar-refractivity contribution in [2.45, 2.75) is 44.9 Å². The number of nitrogens with zero attached hydrogens (tertiary/aromatic N) is 4. The average molecular weight is 709 g/mol. The van der Waals surface area contributed by atoms with Gasteiger partial charge in [0.2, 0.25) is 0 Å². The van der Waals surface area contributed by atoms with Crippen molar-refractivity contribution < 1.29 is 0 Å². The molecule has 0 amide bonds. The van der Waals surface area contributed by atoms with Crippen LogP contribution in [0.3, 0.4) is 0 Å². The van der Waals surface area contributed by atoms with Crippen LogP contribution < -0.4 is 0 Å². The normalized spacial score (nSPS) is 13.7. The van der Waals surface area contributed by atoms with E-state index in [2.05, 4.69) is 127 Å². The summed E-state index contributed by atoms with van der Waals surface area (Å²) < 4.78 is 0. The van der Waals surface area contributed by atoms with Crippen molar-refractivity contribution in [3.8, 4) is 73.4 Å². The van der Waals surface area contributed by atoms with Crippen LogP contribution in [0.15, 0.2) is 158 Å². The topological polar surface area (TPSA) is 62.5 Å². The van der Waals surface area contributed by atoms with Gasteiger partial charge in [-0.25, -0.2) is 15.0 Å². The third kappa shape index (κ3) is 7.30. The number of rotatable bonds is 6. The average Bonchev–Trinajstić information content (AvgIpc) is 3.35. The lowest BCUT2D eigenvalue weighted by Crippen LogP contribution is -2.03. The summed E-state index contributed by atoms with van der Waals surface area (Å²) >= 11 is 0. The number of hydrogen-bond acceptors (Lipinski definition) is 4. The van der Waals surface area contributed by atoms with E-state index in [1.54, 1.807) is 0 Å². The van der Waals surface area contributed by atoms with Gasteiger partial charge in [0.25, 0.3) is 0 Å². The minimum absolute atomic E-state index is 0.671. The van der Waals surface area contributed by atoms with Gasteiger partial charge in [-0.2, -0.15) is 5.26 Å². The van der Waals surface area contributed by atoms with E-state index in [4.69, 9.17) is 15.0 Å². The molecule has 0 bridgehead atoms. The Bertz CT molecular complexity index is 2610. The summed E-state index contributed by atoms with van der Waals surface area (Å²) in [4.78, 5) is 14.7. The van der Waals surface area contributed by atoms with Crippen LogP contribution in [0.25, 0.3) is 72.9 Å². The van der Waals surface area contributed by atoms with Crippen LogP contribution in [0, 0.1) is 11.3 Å². The molecule has 0 atom stereocenters. The number of aromatic nitrogens is 3. The number of benzene rings is 6. The largest absolute Gasteiger partial charge is 0.208 e. The quantitative estimate of drug-likeness (QED) is 0.172. The Labute approximate surface area is 323 Å². The molecule has 0 spiro atoms. The van der Waals surface area contributed by atoms with Crippen LogP contribution in [-0.4, -0.2) is 15.0 Å². The van der Waals surface area contributed by atoms with Gasteiger partial charge in [-0.1, -0.05) is 146 Å². The van der Waals surface area contributed by atoms with Crippen molar-refractivity contribution in [3.63, 3.8) is 0 Å². The summed E-state index contributed by atoms with van der Waals surface area (Å²) in [6, 6.07) is 51.8. The highest BCUT2D eigenvalue weighted by molar-refractivity contribution is 5.80. The third-order valence-electron chi connectivity index (χ3n) is 10.8. The first-order chi connectivity index (χ1) is 27.2. The molecule has 264 valence electrons. The number of nitriles is 1. The third-order valence-corrected chi connectivity index (χ3v) is 10.8. The molecule has 0 aliphatic heterocycles. The molecule has 0 saturated carbocycles. The molecule has 0 unspecified atom stereocenters. The number of hydrogen-bond donors (Lipinski definition) is 0. The monoisotopic (exact) mass is 708 g/mol. The number of allylic oxidation sites excluding steroid dienone is 4. The van der Waals surface area contributed by atoms with E-state index in [0.717, 1.165) is 65.5 Å². The molecular formula is C51H40N4. The molecule has 4 heteroatoms. The predicted molar refractivity (Wildman–Crippen MR) is 225 cm³/mol. The number of aryl methyl sites for hydroxylation is 2. The van der Waals surface area contributed by atoms with Crippen molar-refractivity contribution in [1.29, 1.82) is 5.26 Å². The second-order valence-electron chi connectivity index (χ2n) is 14.5. The molecule has 4 nitrogen and oxygen atoms in total. The molecule has 7 aromatic rings. The predicted octanol–water partition coefficient (Wildman–Crippen LogP) is 12.7. The van der Waals surface area contributed by atoms with Crippen LogP contribution in [0.4, 0.5) is 0 Å². The van der Waals surface area contributed by atoms with Gasteiger partial charge < -0.3 is 0 Å². The second-order valence-corrected chi connectivity index (χ2v) is 14.5. The molecule has 9 rings (SSSR count). The summed E-state index contributed by atoms with van der Waals surface area (Å²) in [6.07, 6.45) is 14.1. The van der Waals surface area contributed by atoms with Gasteiger partial charge >= 0.3 is 0 Å². The molecule has 6 aromatic carbocycles. The highest BCUT2D eigenvalue weighted by Crippen LogP contribution is 2.36. The maximum Gasteiger partial charge on any atom is 0.164 e. The van der Waals surface area contributed by atoms with Gasteiger partial charge in [0.15, 0.2) is 17.5 Å². The molecule has 1 heterocycles. The Morgan fingerprint density at radius 2 is 0.964 bits per heavy atom. The lowest BCUT2D eigenvalue weighted by molar-refractivity contribution is 0.683. The van der Waals surface area contributed by atoms with Crippen LogP contribution in [0.1, 0.15) is 54.6 Å². The van der Waals surface area contributed by atoms with Crippen LogP contribution in [0.5, 0.6) is 0 Å². The fourth-order valence-corrected chi connectivity index (χ4v) is 7.86. The Morgan fingerprint density at radius 3 is 1.62 bits per heavy atom. The van der Waals surface area contributed by atoms with Gasteiger partial charge in [0, 0.05) is 16.7 Å². The Kier molecular flexibility index (Phi) is 9.51. The highest BCUT2D eigenvalue weighted by atomic mass is 15.0. The van der Waals surface area contributed by atoms with Crippen molar-refractivity contribution >= 4 is 5.57 Å². The van der Waals surface area contributed by atoms with Crippen molar-refractivity contribution in [2.75, 3.05) is 0 Å². The van der Waals surface area contributed by atoms with Gasteiger partial charge in [0.1, 0.15) is 0 Å². The summed E-state index contributed by atoms with van der Waals surface area (Å²) in [5.41, 5.74) is 16.1. The summed E-state index contributed by atoms with van der Waals surface area (Å²) in [6.45, 7) is 0. The van der Waals surface area contributed by atoms with E-state index in [1.165, 1.54) is 57.3 Å². The van der Waals surface area contributed by atoms with E-state index in [9.17, 15) is 5.26 Å². The second kappa shape index (κ2) is 15.3. The van der Waals surface area contributed by atoms with Crippen molar-refractivity contribution in [3.05, 3.63) is 180 Å². The van der Waals surface area contributed by atoms with Crippen LogP contribution >= 0.6 is 0 Å². The van der Waals surface area contributed by atoms with E-state index in [1.807, 2.05) is 36.4 Å². The maximum absolute atomic E-state index is 9.51. The van der Waals surface area contributed by atoms with E-state index >= 15 is 0 Å². The highest BCUT2D eigenvalue weighted by Gasteiger charge is 2.16. The zero-order valence-electron chi connectivity index (χ0n) is 30.7. The molecule has 0 radical (unpaired) electrons. The fourth-order valence-electron chi connectivity index (χ4n) is 7.86. The minimum atomic E-state index is 0.671. The van der Waals surface area contributed by atoms with Gasteiger partial charge in [-0.15, -0.1) is 0 Å². The van der Waals surface area contributed by atoms with Gasteiger partial charge in [-0.3, -0.25) is 0 Å². The molecule has 0 N–H and O–H groups in total. The SMILES string of the molecule is N#Cc1ccc2c(c1)CCCCCc1cc(-c3cccc(-c4ccc(-c5ccc(-c6nc(C7=CCCC=C7)nc(-c7ccccc7)n6)cc5)cc4)c3)ccc1-2.